The molecule has 106 valence electrons. The average Bonchev–Trinajstić information content (AvgIpc) is 2.39. The third-order valence-corrected chi connectivity index (χ3v) is 4.04. The molecular formula is C13H27N3O2. The van der Waals surface area contributed by atoms with Gasteiger partial charge < -0.3 is 15.4 Å². The highest BCUT2D eigenvalue weighted by Gasteiger charge is 2.31. The molecule has 1 amide bonds. The molecule has 0 radical (unpaired) electrons. The second kappa shape index (κ2) is 7.07. The van der Waals surface area contributed by atoms with Gasteiger partial charge in [0.2, 0.25) is 5.91 Å². The summed E-state index contributed by atoms with van der Waals surface area (Å²) in [5.41, 5.74) is 0.225. The minimum absolute atomic E-state index is 0.0525. The predicted octanol–water partition coefficient (Wildman–Crippen LogP) is 0.211. The number of ether oxygens (including phenoxy) is 1. The number of carbonyl (C=O) groups is 1. The molecule has 1 unspecified atom stereocenters. The Morgan fingerprint density at radius 3 is 2.56 bits per heavy atom. The number of hydrogen-bond donors (Lipinski definition) is 2. The van der Waals surface area contributed by atoms with E-state index in [1.807, 2.05) is 14.0 Å². The summed E-state index contributed by atoms with van der Waals surface area (Å²) in [6, 6.07) is -0.0525. The zero-order valence-corrected chi connectivity index (χ0v) is 12.1. The fraction of sp³-hybridized carbons (Fsp3) is 0.923. The highest BCUT2D eigenvalue weighted by Crippen LogP contribution is 2.22. The lowest BCUT2D eigenvalue weighted by atomic mass is 9.89. The molecule has 1 heterocycles. The molecule has 1 saturated heterocycles. The largest absolute Gasteiger partial charge is 0.383 e. The van der Waals surface area contributed by atoms with Gasteiger partial charge in [-0.25, -0.2) is 0 Å². The van der Waals surface area contributed by atoms with Crippen LogP contribution in [0.5, 0.6) is 0 Å². The zero-order valence-electron chi connectivity index (χ0n) is 12.1. The van der Waals surface area contributed by atoms with Crippen molar-refractivity contribution in [1.82, 2.24) is 15.5 Å². The summed E-state index contributed by atoms with van der Waals surface area (Å²) in [4.78, 5) is 14.2. The van der Waals surface area contributed by atoms with Crippen LogP contribution < -0.4 is 10.6 Å². The van der Waals surface area contributed by atoms with Gasteiger partial charge in [0.1, 0.15) is 0 Å². The van der Waals surface area contributed by atoms with E-state index < -0.39 is 0 Å². The normalized spacial score (nSPS) is 21.6. The summed E-state index contributed by atoms with van der Waals surface area (Å²) >= 11 is 0. The van der Waals surface area contributed by atoms with Crippen molar-refractivity contribution in [3.05, 3.63) is 0 Å². The molecule has 1 atom stereocenters. The van der Waals surface area contributed by atoms with Crippen LogP contribution in [-0.4, -0.2) is 62.8 Å². The maximum atomic E-state index is 11.9. The van der Waals surface area contributed by atoms with Gasteiger partial charge in [-0.1, -0.05) is 0 Å². The highest BCUT2D eigenvalue weighted by molar-refractivity contribution is 5.81. The first-order chi connectivity index (χ1) is 8.52. The first-order valence-electron chi connectivity index (χ1n) is 6.72. The Morgan fingerprint density at radius 1 is 1.44 bits per heavy atom. The van der Waals surface area contributed by atoms with Gasteiger partial charge in [-0.3, -0.25) is 9.69 Å². The second-order valence-electron chi connectivity index (χ2n) is 5.31. The highest BCUT2D eigenvalue weighted by atomic mass is 16.5. The van der Waals surface area contributed by atoms with Crippen LogP contribution in [0.15, 0.2) is 0 Å². The van der Waals surface area contributed by atoms with Gasteiger partial charge in [-0.2, -0.15) is 0 Å². The number of hydrogen-bond acceptors (Lipinski definition) is 4. The van der Waals surface area contributed by atoms with E-state index in [1.165, 1.54) is 0 Å². The number of nitrogens with zero attached hydrogens (tertiary/aromatic N) is 1. The van der Waals surface area contributed by atoms with E-state index in [-0.39, 0.29) is 17.5 Å². The van der Waals surface area contributed by atoms with E-state index in [0.29, 0.717) is 13.2 Å². The van der Waals surface area contributed by atoms with Gasteiger partial charge in [-0.05, 0) is 33.7 Å². The maximum Gasteiger partial charge on any atom is 0.237 e. The number of nitrogens with one attached hydrogen (secondary N) is 2. The SMILES string of the molecule is CNC1(C)CCN(C(C)C(=O)NCCOC)CC1. The van der Waals surface area contributed by atoms with E-state index in [9.17, 15) is 4.79 Å². The molecule has 0 aromatic rings. The Kier molecular flexibility index (Phi) is 6.05. The van der Waals surface area contributed by atoms with E-state index in [0.717, 1.165) is 25.9 Å². The summed E-state index contributed by atoms with van der Waals surface area (Å²) < 4.78 is 4.92. The maximum absolute atomic E-state index is 11.9. The molecule has 0 saturated carbocycles. The molecule has 5 nitrogen and oxygen atoms in total. The Morgan fingerprint density at radius 2 is 2.06 bits per heavy atom. The molecule has 1 aliphatic rings. The van der Waals surface area contributed by atoms with E-state index in [4.69, 9.17) is 4.74 Å². The van der Waals surface area contributed by atoms with Crippen molar-refractivity contribution in [3.63, 3.8) is 0 Å². The number of piperidine rings is 1. The number of rotatable bonds is 6. The van der Waals surface area contributed by atoms with Crippen molar-refractivity contribution in [2.24, 2.45) is 0 Å². The molecule has 1 aliphatic heterocycles. The van der Waals surface area contributed by atoms with E-state index in [1.54, 1.807) is 7.11 Å². The zero-order chi connectivity index (χ0) is 13.6. The average molecular weight is 257 g/mol. The van der Waals surface area contributed by atoms with Crippen molar-refractivity contribution in [2.45, 2.75) is 38.3 Å². The monoisotopic (exact) mass is 257 g/mol. The lowest BCUT2D eigenvalue weighted by molar-refractivity contribution is -0.126. The molecule has 18 heavy (non-hydrogen) atoms. The third kappa shape index (κ3) is 4.23. The van der Waals surface area contributed by atoms with Crippen molar-refractivity contribution >= 4 is 5.91 Å². The molecule has 1 fully saturated rings. The fourth-order valence-corrected chi connectivity index (χ4v) is 2.24. The van der Waals surface area contributed by atoms with Crippen LogP contribution in [0.1, 0.15) is 26.7 Å². The lowest BCUT2D eigenvalue weighted by Gasteiger charge is -2.41. The molecular weight excluding hydrogens is 230 g/mol. The van der Waals surface area contributed by atoms with Crippen LogP contribution >= 0.6 is 0 Å². The summed E-state index contributed by atoms with van der Waals surface area (Å²) in [6.45, 7) is 7.31. The smallest absolute Gasteiger partial charge is 0.237 e. The topological polar surface area (TPSA) is 53.6 Å². The van der Waals surface area contributed by atoms with Gasteiger partial charge in [0.15, 0.2) is 0 Å². The van der Waals surface area contributed by atoms with Gasteiger partial charge in [0, 0.05) is 32.3 Å². The van der Waals surface area contributed by atoms with Gasteiger partial charge in [-0.15, -0.1) is 0 Å². The summed E-state index contributed by atoms with van der Waals surface area (Å²) in [7, 11) is 3.65. The summed E-state index contributed by atoms with van der Waals surface area (Å²) in [5, 5.41) is 6.26. The van der Waals surface area contributed by atoms with Gasteiger partial charge >= 0.3 is 0 Å². The quantitative estimate of drug-likeness (QED) is 0.668. The summed E-state index contributed by atoms with van der Waals surface area (Å²) in [6.07, 6.45) is 2.17. The lowest BCUT2D eigenvalue weighted by Crippen LogP contribution is -2.55. The van der Waals surface area contributed by atoms with Crippen LogP contribution in [0.4, 0.5) is 0 Å². The summed E-state index contributed by atoms with van der Waals surface area (Å²) in [5.74, 6) is 0.0973. The van der Waals surface area contributed by atoms with Crippen LogP contribution in [-0.2, 0) is 9.53 Å². The van der Waals surface area contributed by atoms with Gasteiger partial charge in [0.05, 0.1) is 12.6 Å². The first kappa shape index (κ1) is 15.4. The molecule has 0 aromatic heterocycles. The Bertz CT molecular complexity index is 263. The van der Waals surface area contributed by atoms with Gasteiger partial charge in [0.25, 0.3) is 0 Å². The predicted molar refractivity (Wildman–Crippen MR) is 72.6 cm³/mol. The van der Waals surface area contributed by atoms with Crippen LogP contribution in [0.2, 0.25) is 0 Å². The Hall–Kier alpha value is -0.650. The Balaban J connectivity index is 2.35. The molecule has 5 heteroatoms. The van der Waals surface area contributed by atoms with Crippen molar-refractivity contribution in [1.29, 1.82) is 0 Å². The second-order valence-corrected chi connectivity index (χ2v) is 5.31. The minimum Gasteiger partial charge on any atom is -0.383 e. The minimum atomic E-state index is -0.0525. The van der Waals surface area contributed by atoms with Crippen LogP contribution in [0, 0.1) is 0 Å². The van der Waals surface area contributed by atoms with Crippen molar-refractivity contribution in [3.8, 4) is 0 Å². The fourth-order valence-electron chi connectivity index (χ4n) is 2.24. The Labute approximate surface area is 110 Å². The van der Waals surface area contributed by atoms with E-state index in [2.05, 4.69) is 22.5 Å². The molecule has 1 rings (SSSR count). The van der Waals surface area contributed by atoms with Crippen molar-refractivity contribution < 1.29 is 9.53 Å². The van der Waals surface area contributed by atoms with Crippen LogP contribution in [0.25, 0.3) is 0 Å². The molecule has 2 N–H and O–H groups in total. The molecule has 0 bridgehead atoms. The molecule has 0 aliphatic carbocycles. The number of methoxy groups -OCH3 is 1. The first-order valence-corrected chi connectivity index (χ1v) is 6.72. The number of likely N-dealkylation sites (tertiary alicyclic amines) is 1. The number of amides is 1. The molecule has 0 spiro atoms. The third-order valence-electron chi connectivity index (χ3n) is 4.04. The number of carbonyl (C=O) groups excluding carboxylic acids is 1. The van der Waals surface area contributed by atoms with Crippen molar-refractivity contribution in [2.75, 3.05) is 40.4 Å². The van der Waals surface area contributed by atoms with E-state index >= 15 is 0 Å². The standard InChI is InChI=1S/C13H27N3O2/c1-11(12(17)15-7-10-18-4)16-8-5-13(2,14-3)6-9-16/h11,14H,5-10H2,1-4H3,(H,15,17). The molecule has 0 aromatic carbocycles. The van der Waals surface area contributed by atoms with Crippen LogP contribution in [0.3, 0.4) is 0 Å².